The Labute approximate surface area is 255 Å². The molecule has 6 heterocycles. The minimum absolute atomic E-state index is 0.0855. The number of nitrogens with zero attached hydrogens (tertiary/aromatic N) is 7. The number of nitrogens with one attached hydrogen (secondary N) is 1. The van der Waals surface area contributed by atoms with Crippen molar-refractivity contribution in [1.29, 1.82) is 0 Å². The number of aromatic amines is 1. The predicted octanol–water partition coefficient (Wildman–Crippen LogP) is -1.89. The second-order valence-electron chi connectivity index (χ2n) is 11.5. The van der Waals surface area contributed by atoms with Gasteiger partial charge >= 0.3 is 15.6 Å². The van der Waals surface area contributed by atoms with Gasteiger partial charge in [-0.05, 0) is 12.3 Å². The molecule has 4 fully saturated rings. The summed E-state index contributed by atoms with van der Waals surface area (Å²) in [6.45, 7) is -1.36. The van der Waals surface area contributed by atoms with Crippen molar-refractivity contribution in [2.45, 2.75) is 48.7 Å². The van der Waals surface area contributed by atoms with Crippen molar-refractivity contribution >= 4 is 49.7 Å². The summed E-state index contributed by atoms with van der Waals surface area (Å²) in [6.07, 6.45) is -5.10. The van der Waals surface area contributed by atoms with E-state index in [0.717, 1.165) is 10.9 Å². The average molecular weight is 684 g/mol. The van der Waals surface area contributed by atoms with E-state index in [1.54, 1.807) is 4.57 Å². The maximum absolute atomic E-state index is 13.2. The van der Waals surface area contributed by atoms with Crippen molar-refractivity contribution in [2.24, 2.45) is 11.8 Å². The number of fused-ring (bicyclic) bond motifs is 6. The molecule has 46 heavy (non-hydrogen) atoms. The van der Waals surface area contributed by atoms with Crippen LogP contribution in [0.15, 0.2) is 23.8 Å². The number of aliphatic hydroxyl groups excluding tert-OH is 2. The van der Waals surface area contributed by atoms with Crippen molar-refractivity contribution in [2.75, 3.05) is 24.7 Å². The van der Waals surface area contributed by atoms with Crippen molar-refractivity contribution < 1.29 is 52.0 Å². The summed E-state index contributed by atoms with van der Waals surface area (Å²) >= 11 is 0. The Morgan fingerprint density at radius 2 is 1.67 bits per heavy atom. The van der Waals surface area contributed by atoms with Gasteiger partial charge < -0.3 is 40.8 Å². The van der Waals surface area contributed by atoms with E-state index < -0.39 is 88.5 Å². The number of imidazole rings is 2. The van der Waals surface area contributed by atoms with Crippen LogP contribution in [0.25, 0.3) is 22.3 Å². The van der Waals surface area contributed by atoms with Crippen LogP contribution in [0.4, 0.5) is 11.8 Å². The molecule has 4 aromatic heterocycles. The van der Waals surface area contributed by atoms with Crippen LogP contribution < -0.4 is 17.0 Å². The van der Waals surface area contributed by atoms with Crippen LogP contribution in [-0.2, 0) is 37.5 Å². The quantitative estimate of drug-likeness (QED) is 0.113. The van der Waals surface area contributed by atoms with Gasteiger partial charge in [0.2, 0.25) is 5.95 Å². The molecule has 2 aliphatic heterocycles. The van der Waals surface area contributed by atoms with E-state index in [0.29, 0.717) is 12.1 Å². The van der Waals surface area contributed by atoms with Crippen molar-refractivity contribution in [1.82, 2.24) is 39.0 Å². The fourth-order valence-electron chi connectivity index (χ4n) is 6.89. The topological polar surface area (TPSA) is 320 Å². The van der Waals surface area contributed by atoms with Gasteiger partial charge in [0.15, 0.2) is 28.9 Å². The van der Waals surface area contributed by atoms with Gasteiger partial charge in [-0.1, -0.05) is 0 Å². The first-order valence-electron chi connectivity index (χ1n) is 13.8. The summed E-state index contributed by atoms with van der Waals surface area (Å²) in [4.78, 5) is 56.4. The Kier molecular flexibility index (Phi) is 6.55. The summed E-state index contributed by atoms with van der Waals surface area (Å²) in [7, 11) is -9.96. The lowest BCUT2D eigenvalue weighted by Crippen LogP contribution is -2.41. The molecule has 2 unspecified atom stereocenters. The van der Waals surface area contributed by atoms with Gasteiger partial charge in [0.25, 0.3) is 5.56 Å². The third-order valence-electron chi connectivity index (χ3n) is 8.98. The fourth-order valence-corrected chi connectivity index (χ4v) is 8.85. The molecule has 2 saturated carbocycles. The number of aromatic nitrogens is 8. The molecule has 246 valence electrons. The van der Waals surface area contributed by atoms with E-state index in [4.69, 9.17) is 34.3 Å². The highest BCUT2D eigenvalue weighted by atomic mass is 31.2. The van der Waals surface area contributed by atoms with Crippen LogP contribution in [0.5, 0.6) is 0 Å². The smallest absolute Gasteiger partial charge is 0.388 e. The van der Waals surface area contributed by atoms with Crippen molar-refractivity contribution in [3.8, 4) is 0 Å². The standard InChI is InChI=1S/C22H26N10O12P2/c23-16-10-17(26-4-25-16)32(6-28-10)22-1-8(22)7-2-40-45(36,37)44-14-9(3-41-46(38,39)43-13(7)15(22)34)42-20(12(14)33)31-5-27-11-18(31)29-21(24)30-19(11)35/h4-9,12-15,20,33-34H,1-3H2,(H,36,37)(H,38,39)(H2,23,25,26)(H3,24,29,30,35)/t7-,8-,9+,12+,13+,14+,15+,20+,22-/m0/s1. The van der Waals surface area contributed by atoms with E-state index in [1.807, 2.05) is 0 Å². The Hall–Kier alpha value is -3.40. The molecule has 0 bridgehead atoms. The molecule has 4 aromatic rings. The lowest BCUT2D eigenvalue weighted by Gasteiger charge is -2.31. The van der Waals surface area contributed by atoms with Crippen LogP contribution in [0, 0.1) is 11.8 Å². The number of rotatable bonds is 2. The molecule has 8 rings (SSSR count). The number of phosphoric acid groups is 2. The number of anilines is 2. The first-order valence-corrected chi connectivity index (χ1v) is 16.8. The summed E-state index contributed by atoms with van der Waals surface area (Å²) in [6, 6.07) is 0. The normalized spacial score (nSPS) is 41.0. The van der Waals surface area contributed by atoms with Gasteiger partial charge in [-0.15, -0.1) is 0 Å². The number of H-pyrrole nitrogens is 1. The van der Waals surface area contributed by atoms with Crippen molar-refractivity contribution in [3.05, 3.63) is 29.3 Å². The highest BCUT2D eigenvalue weighted by Gasteiger charge is 2.74. The Bertz CT molecular complexity index is 2040. The minimum Gasteiger partial charge on any atom is -0.388 e. The molecule has 0 spiro atoms. The molecular formula is C22H26N10O12P2. The van der Waals surface area contributed by atoms with E-state index in [1.165, 1.54) is 12.7 Å². The average Bonchev–Trinajstić information content (AvgIpc) is 3.25. The van der Waals surface area contributed by atoms with E-state index in [2.05, 4.69) is 29.9 Å². The second kappa shape index (κ2) is 10.1. The van der Waals surface area contributed by atoms with Gasteiger partial charge in [0.1, 0.15) is 42.4 Å². The summed E-state index contributed by atoms with van der Waals surface area (Å²) in [5, 5.41) is 22.7. The maximum atomic E-state index is 13.2. The number of nitrogen functional groups attached to an aromatic ring is 2. The third-order valence-corrected chi connectivity index (χ3v) is 10.9. The van der Waals surface area contributed by atoms with Gasteiger partial charge in [0.05, 0.1) is 31.4 Å². The van der Waals surface area contributed by atoms with Gasteiger partial charge in [-0.25, -0.2) is 29.1 Å². The number of hydrogen-bond acceptors (Lipinski definition) is 17. The summed E-state index contributed by atoms with van der Waals surface area (Å²) in [5.41, 5.74) is 10.1. The maximum Gasteiger partial charge on any atom is 0.472 e. The van der Waals surface area contributed by atoms with Crippen LogP contribution in [0.1, 0.15) is 12.6 Å². The number of aliphatic hydroxyl groups is 2. The van der Waals surface area contributed by atoms with Crippen LogP contribution >= 0.6 is 15.6 Å². The van der Waals surface area contributed by atoms with Gasteiger partial charge in [-0.3, -0.25) is 32.4 Å². The van der Waals surface area contributed by atoms with Crippen LogP contribution in [-0.4, -0.2) is 103 Å². The lowest BCUT2D eigenvalue weighted by atomic mass is 10.0. The highest BCUT2D eigenvalue weighted by molar-refractivity contribution is 7.47. The fraction of sp³-hybridized carbons (Fsp3) is 0.545. The molecule has 2 aliphatic carbocycles. The first-order chi connectivity index (χ1) is 21.8. The van der Waals surface area contributed by atoms with Crippen LogP contribution in [0.3, 0.4) is 0 Å². The number of hydrogen-bond donors (Lipinski definition) is 7. The predicted molar refractivity (Wildman–Crippen MR) is 149 cm³/mol. The lowest BCUT2D eigenvalue weighted by molar-refractivity contribution is -0.0652. The van der Waals surface area contributed by atoms with Crippen LogP contribution in [0.2, 0.25) is 0 Å². The SMILES string of the molecule is Nc1nc2c(ncn2[C@@H]2O[C@@H]3COP(=O)(O)O[C@@H]4[C@@H](COP(=O)(O)O[C@H]3[C@H]2O)[C@@H]2C[C@@]2(n2cnc3c(N)ncnc32)[C@@H]4O)c(=O)[nH]1. The molecule has 0 radical (unpaired) electrons. The van der Waals surface area contributed by atoms with E-state index in [-0.39, 0.29) is 28.4 Å². The largest absolute Gasteiger partial charge is 0.472 e. The van der Waals surface area contributed by atoms with Gasteiger partial charge in [-0.2, -0.15) is 4.98 Å². The first kappa shape index (κ1) is 30.0. The third kappa shape index (κ3) is 4.45. The highest BCUT2D eigenvalue weighted by Crippen LogP contribution is 2.68. The molecule has 24 heteroatoms. The number of nitrogens with two attached hydrogens (primary N) is 2. The molecule has 22 nitrogen and oxygen atoms in total. The molecule has 0 aromatic carbocycles. The van der Waals surface area contributed by atoms with E-state index >= 15 is 0 Å². The Balaban J connectivity index is 1.10. The summed E-state index contributed by atoms with van der Waals surface area (Å²) < 4.78 is 56.4. The molecule has 9 N–H and O–H groups in total. The Morgan fingerprint density at radius 1 is 0.957 bits per heavy atom. The van der Waals surface area contributed by atoms with Gasteiger partial charge in [0, 0.05) is 5.92 Å². The summed E-state index contributed by atoms with van der Waals surface area (Å²) in [5.74, 6) is -1.57. The minimum atomic E-state index is -4.99. The monoisotopic (exact) mass is 684 g/mol. The Morgan fingerprint density at radius 3 is 2.46 bits per heavy atom. The molecule has 2 saturated heterocycles. The van der Waals surface area contributed by atoms with E-state index in [9.17, 15) is 33.9 Å². The zero-order chi connectivity index (χ0) is 32.3. The molecule has 11 atom stereocenters. The van der Waals surface area contributed by atoms with Crippen molar-refractivity contribution in [3.63, 3.8) is 0 Å². The molecule has 0 amide bonds. The molecule has 4 aliphatic rings. The molecular weight excluding hydrogens is 658 g/mol. The zero-order valence-corrected chi connectivity index (χ0v) is 25.0. The second-order valence-corrected chi connectivity index (χ2v) is 14.3. The number of phosphoric ester groups is 2. The zero-order valence-electron chi connectivity index (χ0n) is 23.2. The number of ether oxygens (including phenoxy) is 1.